The molecule has 4 rings (SSSR count). The van der Waals surface area contributed by atoms with E-state index in [-0.39, 0.29) is 28.7 Å². The van der Waals surface area contributed by atoms with Crippen molar-refractivity contribution in [2.45, 2.75) is 56.5 Å². The Kier molecular flexibility index (Phi) is 5.36. The van der Waals surface area contributed by atoms with Crippen LogP contribution < -0.4 is 10.0 Å². The molecule has 0 saturated carbocycles. The van der Waals surface area contributed by atoms with Gasteiger partial charge in [0.1, 0.15) is 6.04 Å². The van der Waals surface area contributed by atoms with E-state index in [4.69, 9.17) is 0 Å². The van der Waals surface area contributed by atoms with Crippen LogP contribution in [-0.2, 0) is 26.8 Å². The first-order chi connectivity index (χ1) is 15.0. The molecule has 32 heavy (non-hydrogen) atoms. The van der Waals surface area contributed by atoms with Gasteiger partial charge in [0.05, 0.1) is 4.90 Å². The number of hydrogen-bond donors (Lipinski definition) is 2. The molecule has 2 aromatic carbocycles. The molecule has 2 aliphatic heterocycles. The number of rotatable bonds is 4. The largest absolute Gasteiger partial charge is 0.329 e. The lowest BCUT2D eigenvalue weighted by Gasteiger charge is -2.30. The highest BCUT2D eigenvalue weighted by atomic mass is 32.2. The fourth-order valence-corrected chi connectivity index (χ4v) is 5.12. The summed E-state index contributed by atoms with van der Waals surface area (Å²) in [5.41, 5.74) is 3.18. The molecule has 2 N–H and O–H groups in total. The van der Waals surface area contributed by atoms with Crippen LogP contribution in [0.5, 0.6) is 0 Å². The minimum atomic E-state index is -3.78. The number of sulfonamides is 1. The Balaban J connectivity index is 1.53. The summed E-state index contributed by atoms with van der Waals surface area (Å²) < 4.78 is 28.3. The number of fused-ring (bicyclic) bond motifs is 1. The molecule has 0 aliphatic carbocycles. The molecule has 0 spiro atoms. The number of carbonyl (C=O) groups is 2. The van der Waals surface area contributed by atoms with Crippen molar-refractivity contribution in [3.05, 3.63) is 71.4 Å². The zero-order chi connectivity index (χ0) is 23.3. The number of nitrogens with one attached hydrogen (secondary N) is 2. The van der Waals surface area contributed by atoms with Crippen LogP contribution in [0.15, 0.2) is 59.6 Å². The molecule has 1 saturated heterocycles. The van der Waals surface area contributed by atoms with Crippen molar-refractivity contribution in [3.63, 3.8) is 0 Å². The zero-order valence-electron chi connectivity index (χ0n) is 18.4. The standard InChI is InChI=1S/C24H27N3O4S/c1-15-5-12-21(22(28)25-15)27-14-16-13-18(8-11-20(16)23(27)29)26-32(30,31)19-9-6-17(7-10-19)24(2,3)4/h6-11,13,21,26H,1,5,12,14H2,2-4H3,(H,25,28). The first-order valence-corrected chi connectivity index (χ1v) is 12.0. The summed E-state index contributed by atoms with van der Waals surface area (Å²) in [6.45, 7) is 10.2. The summed E-state index contributed by atoms with van der Waals surface area (Å²) in [6, 6.07) is 11.1. The predicted octanol–water partition coefficient (Wildman–Crippen LogP) is 3.53. The van der Waals surface area contributed by atoms with Gasteiger partial charge in [-0.25, -0.2) is 8.42 Å². The average molecular weight is 454 g/mol. The number of carbonyl (C=O) groups excluding carboxylic acids is 2. The van der Waals surface area contributed by atoms with Gasteiger partial charge in [-0.1, -0.05) is 39.5 Å². The Bertz CT molecular complexity index is 1210. The molecule has 2 amide bonds. The highest BCUT2D eigenvalue weighted by Crippen LogP contribution is 2.31. The van der Waals surface area contributed by atoms with Crippen LogP contribution >= 0.6 is 0 Å². The Morgan fingerprint density at radius 1 is 1.09 bits per heavy atom. The van der Waals surface area contributed by atoms with Gasteiger partial charge < -0.3 is 10.2 Å². The van der Waals surface area contributed by atoms with E-state index in [2.05, 4.69) is 37.4 Å². The summed E-state index contributed by atoms with van der Waals surface area (Å²) in [7, 11) is -3.78. The van der Waals surface area contributed by atoms with E-state index in [1.807, 2.05) is 12.1 Å². The van der Waals surface area contributed by atoms with Gasteiger partial charge in [-0.3, -0.25) is 14.3 Å². The van der Waals surface area contributed by atoms with Crippen LogP contribution in [0.2, 0.25) is 0 Å². The van der Waals surface area contributed by atoms with Crippen LogP contribution in [0, 0.1) is 0 Å². The van der Waals surface area contributed by atoms with Crippen LogP contribution in [-0.4, -0.2) is 31.2 Å². The molecule has 168 valence electrons. The lowest BCUT2D eigenvalue weighted by atomic mass is 9.87. The van der Waals surface area contributed by atoms with Gasteiger partial charge in [0.25, 0.3) is 15.9 Å². The molecule has 2 aliphatic rings. The van der Waals surface area contributed by atoms with Crippen molar-refractivity contribution in [2.24, 2.45) is 0 Å². The molecular weight excluding hydrogens is 426 g/mol. The minimum Gasteiger partial charge on any atom is -0.329 e. The third-order valence-electron chi connectivity index (χ3n) is 5.92. The molecule has 7 nitrogen and oxygen atoms in total. The van der Waals surface area contributed by atoms with Gasteiger partial charge in [0.15, 0.2) is 0 Å². The van der Waals surface area contributed by atoms with E-state index >= 15 is 0 Å². The normalized spacial score (nSPS) is 19.0. The Labute approximate surface area is 188 Å². The number of amides is 2. The maximum atomic E-state index is 12.9. The van der Waals surface area contributed by atoms with E-state index in [1.165, 1.54) is 4.90 Å². The molecule has 8 heteroatoms. The first kappa shape index (κ1) is 22.1. The molecule has 0 aromatic heterocycles. The Hall–Kier alpha value is -3.13. The van der Waals surface area contributed by atoms with Crippen LogP contribution in [0.3, 0.4) is 0 Å². The topological polar surface area (TPSA) is 95.6 Å². The van der Waals surface area contributed by atoms with Gasteiger partial charge in [-0.15, -0.1) is 0 Å². The maximum Gasteiger partial charge on any atom is 0.261 e. The summed E-state index contributed by atoms with van der Waals surface area (Å²) in [6.07, 6.45) is 1.14. The fourth-order valence-electron chi connectivity index (χ4n) is 4.07. The number of allylic oxidation sites excluding steroid dienone is 1. The summed E-state index contributed by atoms with van der Waals surface area (Å²) in [5.74, 6) is -0.457. The number of nitrogens with zero attached hydrogens (tertiary/aromatic N) is 1. The number of benzene rings is 2. The quantitative estimate of drug-likeness (QED) is 0.740. The second-order valence-electron chi connectivity index (χ2n) is 9.33. The highest BCUT2D eigenvalue weighted by molar-refractivity contribution is 7.92. The lowest BCUT2D eigenvalue weighted by molar-refractivity contribution is -0.126. The molecule has 2 aromatic rings. The van der Waals surface area contributed by atoms with Gasteiger partial charge in [0.2, 0.25) is 5.91 Å². The number of hydrogen-bond acceptors (Lipinski definition) is 4. The molecule has 1 atom stereocenters. The van der Waals surface area contributed by atoms with Gasteiger partial charge >= 0.3 is 0 Å². The molecule has 0 bridgehead atoms. The summed E-state index contributed by atoms with van der Waals surface area (Å²) >= 11 is 0. The predicted molar refractivity (Wildman–Crippen MR) is 123 cm³/mol. The van der Waals surface area contributed by atoms with E-state index < -0.39 is 16.1 Å². The van der Waals surface area contributed by atoms with E-state index in [9.17, 15) is 18.0 Å². The van der Waals surface area contributed by atoms with Gasteiger partial charge in [-0.05, 0) is 59.7 Å². The van der Waals surface area contributed by atoms with Gasteiger partial charge in [0, 0.05) is 23.5 Å². The zero-order valence-corrected chi connectivity index (χ0v) is 19.3. The molecular formula is C24H27N3O4S. The third-order valence-corrected chi connectivity index (χ3v) is 7.32. The van der Waals surface area contributed by atoms with Crippen molar-refractivity contribution in [2.75, 3.05) is 4.72 Å². The van der Waals surface area contributed by atoms with E-state index in [1.54, 1.807) is 30.3 Å². The van der Waals surface area contributed by atoms with E-state index in [0.717, 1.165) is 5.56 Å². The Morgan fingerprint density at radius 3 is 2.41 bits per heavy atom. The van der Waals surface area contributed by atoms with Gasteiger partial charge in [-0.2, -0.15) is 0 Å². The number of piperidine rings is 1. The fraction of sp³-hybridized carbons (Fsp3) is 0.333. The third kappa shape index (κ3) is 4.14. The smallest absolute Gasteiger partial charge is 0.261 e. The molecule has 2 heterocycles. The van der Waals surface area contributed by atoms with Crippen molar-refractivity contribution in [1.82, 2.24) is 10.2 Å². The summed E-state index contributed by atoms with van der Waals surface area (Å²) in [5, 5.41) is 2.71. The minimum absolute atomic E-state index is 0.0728. The maximum absolute atomic E-state index is 12.9. The van der Waals surface area contributed by atoms with Crippen LogP contribution in [0.4, 0.5) is 5.69 Å². The van der Waals surface area contributed by atoms with E-state index in [0.29, 0.717) is 35.4 Å². The first-order valence-electron chi connectivity index (χ1n) is 10.5. The molecule has 0 radical (unpaired) electrons. The van der Waals surface area contributed by atoms with Crippen molar-refractivity contribution in [3.8, 4) is 0 Å². The van der Waals surface area contributed by atoms with Crippen molar-refractivity contribution < 1.29 is 18.0 Å². The second-order valence-corrected chi connectivity index (χ2v) is 11.0. The van der Waals surface area contributed by atoms with Crippen molar-refractivity contribution >= 4 is 27.5 Å². The van der Waals surface area contributed by atoms with Crippen LogP contribution in [0.25, 0.3) is 0 Å². The number of anilines is 1. The molecule has 1 unspecified atom stereocenters. The monoisotopic (exact) mass is 453 g/mol. The molecule has 1 fully saturated rings. The summed E-state index contributed by atoms with van der Waals surface area (Å²) in [4.78, 5) is 26.9. The Morgan fingerprint density at radius 2 is 1.78 bits per heavy atom. The van der Waals surface area contributed by atoms with Crippen LogP contribution in [0.1, 0.15) is 55.1 Å². The second kappa shape index (κ2) is 7.78. The average Bonchev–Trinajstić information content (AvgIpc) is 3.03. The van der Waals surface area contributed by atoms with Crippen molar-refractivity contribution in [1.29, 1.82) is 0 Å². The lowest BCUT2D eigenvalue weighted by Crippen LogP contribution is -2.49. The SMILES string of the molecule is C=C1CCC(N2Cc3cc(NS(=O)(=O)c4ccc(C(C)(C)C)cc4)ccc3C2=O)C(=O)N1. The highest BCUT2D eigenvalue weighted by Gasteiger charge is 2.38.